The highest BCUT2D eigenvalue weighted by atomic mass is 16.4. The summed E-state index contributed by atoms with van der Waals surface area (Å²) in [5.41, 5.74) is 0.949. The number of carbonyl (C=O) groups is 2. The Morgan fingerprint density at radius 3 is 2.63 bits per heavy atom. The average molecular weight is 259 g/mol. The number of carbonyl (C=O) groups excluding carboxylic acids is 1. The molecule has 1 aromatic heterocycles. The van der Waals surface area contributed by atoms with Gasteiger partial charge in [-0.25, -0.2) is 4.79 Å². The largest absolute Gasteiger partial charge is 0.478 e. The molecule has 0 saturated heterocycles. The highest BCUT2D eigenvalue weighted by molar-refractivity contribution is 6.10. The number of aromatic carboxylic acids is 1. The number of hydrogen-bond acceptors (Lipinski definition) is 3. The van der Waals surface area contributed by atoms with Crippen molar-refractivity contribution in [2.24, 2.45) is 0 Å². The molecule has 0 spiro atoms. The number of nitrogens with one attached hydrogen (secondary N) is 2. The van der Waals surface area contributed by atoms with Crippen LogP contribution in [0.1, 0.15) is 33.2 Å². The van der Waals surface area contributed by atoms with Gasteiger partial charge in [-0.1, -0.05) is 19.1 Å². The molecular weight excluding hydrogens is 246 g/mol. The third-order valence-corrected chi connectivity index (χ3v) is 2.74. The Labute approximate surface area is 109 Å². The van der Waals surface area contributed by atoms with Gasteiger partial charge >= 0.3 is 5.97 Å². The molecule has 0 bridgehead atoms. The maximum Gasteiger partial charge on any atom is 0.336 e. The summed E-state index contributed by atoms with van der Waals surface area (Å²) in [4.78, 5) is 23.1. The zero-order valence-electron chi connectivity index (χ0n) is 10.3. The quantitative estimate of drug-likeness (QED) is 0.781. The molecule has 3 N–H and O–H groups in total. The van der Waals surface area contributed by atoms with Gasteiger partial charge in [0.05, 0.1) is 17.3 Å². The van der Waals surface area contributed by atoms with Crippen molar-refractivity contribution in [1.29, 1.82) is 0 Å². The van der Waals surface area contributed by atoms with E-state index in [1.807, 2.05) is 6.92 Å². The lowest BCUT2D eigenvalue weighted by molar-refractivity contribution is 0.0692. The van der Waals surface area contributed by atoms with Crippen LogP contribution >= 0.6 is 0 Å². The second-order valence-electron chi connectivity index (χ2n) is 3.93. The Balaban J connectivity index is 2.28. The third-order valence-electron chi connectivity index (χ3n) is 2.74. The summed E-state index contributed by atoms with van der Waals surface area (Å²) in [5.74, 6) is -1.12. The average Bonchev–Trinajstić information content (AvgIpc) is 2.85. The maximum atomic E-state index is 12.1. The van der Waals surface area contributed by atoms with Gasteiger partial charge < -0.3 is 10.4 Å². The minimum atomic E-state index is -1.13. The van der Waals surface area contributed by atoms with Crippen LogP contribution in [0.5, 0.6) is 0 Å². The number of aromatic nitrogens is 2. The number of hydrogen-bond donors (Lipinski definition) is 3. The van der Waals surface area contributed by atoms with Crippen molar-refractivity contribution < 1.29 is 14.7 Å². The molecule has 0 atom stereocenters. The fraction of sp³-hybridized carbons (Fsp3) is 0.154. The minimum absolute atomic E-state index is 0.0300. The number of aromatic amines is 1. The summed E-state index contributed by atoms with van der Waals surface area (Å²) in [6.07, 6.45) is 2.34. The molecule has 0 aliphatic heterocycles. The minimum Gasteiger partial charge on any atom is -0.478 e. The molecule has 0 unspecified atom stereocenters. The zero-order chi connectivity index (χ0) is 13.8. The highest BCUT2D eigenvalue weighted by Crippen LogP contribution is 2.15. The predicted octanol–water partition coefficient (Wildman–Crippen LogP) is 1.92. The molecule has 1 aromatic carbocycles. The lowest BCUT2D eigenvalue weighted by Crippen LogP contribution is -2.17. The first-order chi connectivity index (χ1) is 9.13. The van der Waals surface area contributed by atoms with Crippen LogP contribution in [-0.4, -0.2) is 27.2 Å². The van der Waals surface area contributed by atoms with Gasteiger partial charge in [-0.05, 0) is 18.6 Å². The Morgan fingerprint density at radius 2 is 2.00 bits per heavy atom. The molecule has 6 nitrogen and oxygen atoms in total. The normalized spacial score (nSPS) is 10.2. The van der Waals surface area contributed by atoms with Crippen molar-refractivity contribution >= 4 is 17.7 Å². The van der Waals surface area contributed by atoms with Crippen LogP contribution in [0.3, 0.4) is 0 Å². The highest BCUT2D eigenvalue weighted by Gasteiger charge is 2.17. The van der Waals surface area contributed by atoms with E-state index in [1.165, 1.54) is 12.1 Å². The first-order valence-electron chi connectivity index (χ1n) is 5.79. The van der Waals surface area contributed by atoms with Gasteiger partial charge in [0, 0.05) is 5.56 Å². The van der Waals surface area contributed by atoms with E-state index < -0.39 is 11.9 Å². The van der Waals surface area contributed by atoms with E-state index in [0.29, 0.717) is 12.2 Å². The Bertz CT molecular complexity index is 619. The summed E-state index contributed by atoms with van der Waals surface area (Å²) < 4.78 is 0. The molecule has 0 radical (unpaired) electrons. The van der Waals surface area contributed by atoms with E-state index >= 15 is 0 Å². The van der Waals surface area contributed by atoms with E-state index in [0.717, 1.165) is 5.56 Å². The molecule has 2 rings (SSSR count). The van der Waals surface area contributed by atoms with Gasteiger partial charge in [-0.3, -0.25) is 9.89 Å². The van der Waals surface area contributed by atoms with Crippen LogP contribution in [-0.2, 0) is 6.42 Å². The van der Waals surface area contributed by atoms with E-state index in [4.69, 9.17) is 5.11 Å². The van der Waals surface area contributed by atoms with Crippen LogP contribution in [0.15, 0.2) is 30.5 Å². The molecule has 0 fully saturated rings. The van der Waals surface area contributed by atoms with E-state index in [1.54, 1.807) is 18.3 Å². The predicted molar refractivity (Wildman–Crippen MR) is 69.3 cm³/mol. The molecule has 98 valence electrons. The molecule has 1 amide bonds. The second kappa shape index (κ2) is 5.34. The van der Waals surface area contributed by atoms with Crippen molar-refractivity contribution in [2.45, 2.75) is 13.3 Å². The van der Waals surface area contributed by atoms with Gasteiger partial charge in [-0.15, -0.1) is 0 Å². The second-order valence-corrected chi connectivity index (χ2v) is 3.93. The van der Waals surface area contributed by atoms with Gasteiger partial charge in [-0.2, -0.15) is 5.10 Å². The maximum absolute atomic E-state index is 12.1. The van der Waals surface area contributed by atoms with Crippen LogP contribution < -0.4 is 5.32 Å². The number of nitrogens with zero attached hydrogens (tertiary/aromatic N) is 1. The van der Waals surface area contributed by atoms with Crippen LogP contribution in [0.25, 0.3) is 0 Å². The number of carboxylic acid groups (broad SMARTS) is 1. The van der Waals surface area contributed by atoms with Crippen molar-refractivity contribution in [3.05, 3.63) is 47.2 Å². The van der Waals surface area contributed by atoms with E-state index in [9.17, 15) is 9.59 Å². The SMILES string of the molecule is CCc1cn[nH]c1NC(=O)c1ccccc1C(=O)O. The molecule has 0 aliphatic carbocycles. The Hall–Kier alpha value is -2.63. The smallest absolute Gasteiger partial charge is 0.336 e. The fourth-order valence-corrected chi connectivity index (χ4v) is 1.74. The number of aryl methyl sites for hydroxylation is 1. The fourth-order valence-electron chi connectivity index (χ4n) is 1.74. The monoisotopic (exact) mass is 259 g/mol. The number of rotatable bonds is 4. The summed E-state index contributed by atoms with van der Waals surface area (Å²) in [7, 11) is 0. The zero-order valence-corrected chi connectivity index (χ0v) is 10.3. The number of H-pyrrole nitrogens is 1. The molecule has 1 heterocycles. The summed E-state index contributed by atoms with van der Waals surface area (Å²) >= 11 is 0. The number of benzene rings is 1. The van der Waals surface area contributed by atoms with Gasteiger partial charge in [0.1, 0.15) is 5.82 Å². The van der Waals surface area contributed by atoms with Crippen molar-refractivity contribution in [2.75, 3.05) is 5.32 Å². The third kappa shape index (κ3) is 2.62. The lowest BCUT2D eigenvalue weighted by atomic mass is 10.1. The number of carboxylic acids is 1. The molecule has 0 saturated carbocycles. The Kier molecular flexibility index (Phi) is 3.61. The number of amides is 1. The van der Waals surface area contributed by atoms with Crippen molar-refractivity contribution in [3.63, 3.8) is 0 Å². The first-order valence-corrected chi connectivity index (χ1v) is 5.79. The van der Waals surface area contributed by atoms with Crippen LogP contribution in [0, 0.1) is 0 Å². The number of anilines is 1. The molecular formula is C13H13N3O3. The Morgan fingerprint density at radius 1 is 1.32 bits per heavy atom. The summed E-state index contributed by atoms with van der Waals surface area (Å²) in [6.45, 7) is 1.94. The van der Waals surface area contributed by atoms with Gasteiger partial charge in [0.2, 0.25) is 0 Å². The molecule has 6 heteroatoms. The van der Waals surface area contributed by atoms with Gasteiger partial charge in [0.15, 0.2) is 0 Å². The first kappa shape index (κ1) is 12.8. The van der Waals surface area contributed by atoms with E-state index in [-0.39, 0.29) is 11.1 Å². The van der Waals surface area contributed by atoms with E-state index in [2.05, 4.69) is 15.5 Å². The van der Waals surface area contributed by atoms with Crippen LogP contribution in [0.4, 0.5) is 5.82 Å². The molecule has 2 aromatic rings. The van der Waals surface area contributed by atoms with Gasteiger partial charge in [0.25, 0.3) is 5.91 Å². The summed E-state index contributed by atoms with van der Waals surface area (Å²) in [5, 5.41) is 18.2. The standard InChI is InChI=1S/C13H13N3O3/c1-2-8-7-14-16-11(8)15-12(17)9-5-3-4-6-10(9)13(18)19/h3-7H,2H2,1H3,(H,18,19)(H2,14,15,16,17). The molecule has 19 heavy (non-hydrogen) atoms. The summed E-state index contributed by atoms with van der Waals surface area (Å²) in [6, 6.07) is 6.06. The lowest BCUT2D eigenvalue weighted by Gasteiger charge is -2.07. The van der Waals surface area contributed by atoms with Crippen molar-refractivity contribution in [3.8, 4) is 0 Å². The van der Waals surface area contributed by atoms with Crippen molar-refractivity contribution in [1.82, 2.24) is 10.2 Å². The molecule has 0 aliphatic rings. The topological polar surface area (TPSA) is 95.1 Å². The van der Waals surface area contributed by atoms with Crippen LogP contribution in [0.2, 0.25) is 0 Å².